The van der Waals surface area contributed by atoms with Crippen LogP contribution in [0.4, 0.5) is 5.00 Å². The number of hydrogen-bond donors (Lipinski definition) is 4. The summed E-state index contributed by atoms with van der Waals surface area (Å²) in [5.41, 5.74) is 10.5. The average Bonchev–Trinajstić information content (AvgIpc) is 3.60. The fourth-order valence-corrected chi connectivity index (χ4v) is 6.80. The summed E-state index contributed by atoms with van der Waals surface area (Å²) in [6, 6.07) is 25.1. The summed E-state index contributed by atoms with van der Waals surface area (Å²) in [5, 5.41) is 14.1. The van der Waals surface area contributed by atoms with Crippen molar-refractivity contribution < 1.29 is 24.2 Å². The van der Waals surface area contributed by atoms with Gasteiger partial charge in [-0.15, -0.1) is 11.3 Å². The number of nitrogens with zero attached hydrogens (tertiary/aromatic N) is 1. The molecule has 0 aliphatic carbocycles. The first kappa shape index (κ1) is 28.3. The van der Waals surface area contributed by atoms with Gasteiger partial charge in [0.1, 0.15) is 28.8 Å². The van der Waals surface area contributed by atoms with Crippen LogP contribution in [0.1, 0.15) is 48.5 Å². The maximum absolute atomic E-state index is 13.4. The molecular weight excluding hydrogens is 564 g/mol. The van der Waals surface area contributed by atoms with Gasteiger partial charge in [0.2, 0.25) is 0 Å². The summed E-state index contributed by atoms with van der Waals surface area (Å²) < 4.78 is 11.2. The van der Waals surface area contributed by atoms with Gasteiger partial charge >= 0.3 is 5.97 Å². The van der Waals surface area contributed by atoms with Gasteiger partial charge in [0.05, 0.1) is 18.7 Å². The third kappa shape index (κ3) is 6.06. The molecule has 3 heterocycles. The molecule has 2 aromatic heterocycles. The Balaban J connectivity index is 1.19. The van der Waals surface area contributed by atoms with Crippen molar-refractivity contribution in [3.63, 3.8) is 0 Å². The lowest BCUT2D eigenvalue weighted by Crippen LogP contribution is -2.41. The number of nitrogen functional groups attached to an aromatic ring is 1. The Morgan fingerprint density at radius 2 is 1.81 bits per heavy atom. The van der Waals surface area contributed by atoms with Crippen LogP contribution in [-0.2, 0) is 19.6 Å². The number of nitrogens with one attached hydrogen (secondary N) is 2. The third-order valence-corrected chi connectivity index (χ3v) is 8.92. The van der Waals surface area contributed by atoms with Crippen molar-refractivity contribution in [2.75, 3.05) is 25.9 Å². The number of anilines is 1. The Labute approximate surface area is 252 Å². The van der Waals surface area contributed by atoms with E-state index in [1.54, 1.807) is 7.11 Å². The second-order valence-corrected chi connectivity index (χ2v) is 11.6. The van der Waals surface area contributed by atoms with E-state index in [1.807, 2.05) is 78.9 Å². The van der Waals surface area contributed by atoms with Crippen LogP contribution in [0.5, 0.6) is 11.5 Å². The predicted molar refractivity (Wildman–Crippen MR) is 167 cm³/mol. The maximum atomic E-state index is 13.4. The van der Waals surface area contributed by atoms with E-state index in [1.165, 1.54) is 11.3 Å². The number of fused-ring (bicyclic) bond motifs is 2. The van der Waals surface area contributed by atoms with Gasteiger partial charge in [0.15, 0.2) is 0 Å². The van der Waals surface area contributed by atoms with Gasteiger partial charge < -0.3 is 30.6 Å². The van der Waals surface area contributed by atoms with E-state index in [0.717, 1.165) is 44.0 Å². The molecule has 10 heteroatoms. The molecule has 1 atom stereocenters. The number of H-pyrrole nitrogens is 1. The number of rotatable bonds is 10. The smallest absolute Gasteiger partial charge is 0.338 e. The molecule has 1 aliphatic rings. The maximum Gasteiger partial charge on any atom is 0.338 e. The number of carbonyl (C=O) groups excluding carboxylic acids is 1. The molecule has 0 bridgehead atoms. The fraction of sp³-hybridized carbons (Fsp3) is 0.212. The van der Waals surface area contributed by atoms with Gasteiger partial charge in [-0.3, -0.25) is 9.69 Å². The standard InChI is InChI=1S/C33H32N4O5S/c1-41-23-9-7-20(8-10-23)18-37-14-13-25-29(33(39)40)31(34)43-30(25)28(37)17-35-32(38)27-16-22-15-24(11-12-26(22)36-27)42-19-21-5-3-2-4-6-21/h2-12,15-16,28,36H,13-14,17-19,34H2,1H3,(H,35,38)(H,39,40). The number of hydrogen-bond acceptors (Lipinski definition) is 7. The number of methoxy groups -OCH3 is 1. The minimum atomic E-state index is -1.02. The summed E-state index contributed by atoms with van der Waals surface area (Å²) in [6.07, 6.45) is 0.571. The summed E-state index contributed by atoms with van der Waals surface area (Å²) in [4.78, 5) is 31.7. The minimum absolute atomic E-state index is 0.182. The number of aromatic carboxylic acids is 1. The first-order valence-electron chi connectivity index (χ1n) is 14.0. The van der Waals surface area contributed by atoms with Crippen LogP contribution < -0.4 is 20.5 Å². The molecule has 0 saturated heterocycles. The monoisotopic (exact) mass is 596 g/mol. The van der Waals surface area contributed by atoms with Crippen LogP contribution in [0.25, 0.3) is 10.9 Å². The topological polar surface area (TPSA) is 130 Å². The van der Waals surface area contributed by atoms with E-state index in [0.29, 0.717) is 43.4 Å². The number of carboxylic acid groups (broad SMARTS) is 1. The van der Waals surface area contributed by atoms with Crippen LogP contribution in [0.3, 0.4) is 0 Å². The normalized spacial score (nSPS) is 14.8. The SMILES string of the molecule is COc1ccc(CN2CCc3c(sc(N)c3C(=O)O)C2CNC(=O)c2cc3cc(OCc4ccccc4)ccc3[nH]2)cc1. The van der Waals surface area contributed by atoms with Gasteiger partial charge in [0, 0.05) is 35.4 Å². The Bertz CT molecular complexity index is 1760. The quantitative estimate of drug-likeness (QED) is 0.165. The molecule has 1 aliphatic heterocycles. The highest BCUT2D eigenvalue weighted by atomic mass is 32.1. The molecule has 220 valence electrons. The van der Waals surface area contributed by atoms with Crippen LogP contribution in [0.2, 0.25) is 0 Å². The molecule has 5 N–H and O–H groups in total. The Kier molecular flexibility index (Phi) is 8.04. The number of aromatic amines is 1. The minimum Gasteiger partial charge on any atom is -0.497 e. The van der Waals surface area contributed by atoms with Crippen molar-refractivity contribution in [3.05, 3.63) is 112 Å². The number of thiophene rings is 1. The zero-order valence-electron chi connectivity index (χ0n) is 23.6. The molecule has 6 rings (SSSR count). The number of nitrogens with two attached hydrogens (primary N) is 1. The lowest BCUT2D eigenvalue weighted by Gasteiger charge is -2.36. The molecule has 43 heavy (non-hydrogen) atoms. The molecule has 9 nitrogen and oxygen atoms in total. The van der Waals surface area contributed by atoms with Crippen molar-refractivity contribution in [2.24, 2.45) is 0 Å². The molecule has 3 aromatic carbocycles. The number of aromatic nitrogens is 1. The van der Waals surface area contributed by atoms with Crippen LogP contribution in [0, 0.1) is 0 Å². The zero-order chi connectivity index (χ0) is 29.9. The largest absolute Gasteiger partial charge is 0.497 e. The van der Waals surface area contributed by atoms with Crippen molar-refractivity contribution in [3.8, 4) is 11.5 Å². The average molecular weight is 597 g/mol. The lowest BCUT2D eigenvalue weighted by molar-refractivity contribution is 0.0694. The summed E-state index contributed by atoms with van der Waals surface area (Å²) >= 11 is 1.29. The molecule has 1 unspecified atom stereocenters. The molecule has 1 amide bonds. The lowest BCUT2D eigenvalue weighted by atomic mass is 9.96. The number of benzene rings is 3. The highest BCUT2D eigenvalue weighted by Gasteiger charge is 2.34. The fourth-order valence-electron chi connectivity index (χ4n) is 5.56. The van der Waals surface area contributed by atoms with Gasteiger partial charge in [-0.1, -0.05) is 42.5 Å². The molecule has 5 aromatic rings. The van der Waals surface area contributed by atoms with Gasteiger partial charge in [-0.25, -0.2) is 4.79 Å². The van der Waals surface area contributed by atoms with E-state index in [-0.39, 0.29) is 17.5 Å². The molecule has 0 saturated carbocycles. The summed E-state index contributed by atoms with van der Waals surface area (Å²) in [7, 11) is 1.63. The highest BCUT2D eigenvalue weighted by molar-refractivity contribution is 7.16. The number of carboxylic acids is 1. The first-order valence-corrected chi connectivity index (χ1v) is 14.8. The van der Waals surface area contributed by atoms with Crippen molar-refractivity contribution >= 4 is 39.1 Å². The number of carbonyl (C=O) groups is 2. The Morgan fingerprint density at radius 3 is 2.56 bits per heavy atom. The molecule has 0 spiro atoms. The van der Waals surface area contributed by atoms with Gasteiger partial charge in [-0.05, 0) is 59.5 Å². The summed E-state index contributed by atoms with van der Waals surface area (Å²) in [6.45, 7) is 2.01. The van der Waals surface area contributed by atoms with Gasteiger partial charge in [0.25, 0.3) is 5.91 Å². The van der Waals surface area contributed by atoms with E-state index in [2.05, 4.69) is 15.2 Å². The second-order valence-electron chi connectivity index (χ2n) is 10.5. The molecule has 0 fully saturated rings. The van der Waals surface area contributed by atoms with E-state index < -0.39 is 5.97 Å². The second kappa shape index (κ2) is 12.2. The van der Waals surface area contributed by atoms with E-state index >= 15 is 0 Å². The number of amides is 1. The van der Waals surface area contributed by atoms with Crippen molar-refractivity contribution in [1.82, 2.24) is 15.2 Å². The highest BCUT2D eigenvalue weighted by Crippen LogP contribution is 2.41. The van der Waals surface area contributed by atoms with Crippen LogP contribution in [-0.4, -0.2) is 47.1 Å². The van der Waals surface area contributed by atoms with Crippen molar-refractivity contribution in [1.29, 1.82) is 0 Å². The van der Waals surface area contributed by atoms with Crippen LogP contribution >= 0.6 is 11.3 Å². The third-order valence-electron chi connectivity index (χ3n) is 7.76. The van der Waals surface area contributed by atoms with Crippen LogP contribution in [0.15, 0.2) is 78.9 Å². The van der Waals surface area contributed by atoms with Gasteiger partial charge in [-0.2, -0.15) is 0 Å². The van der Waals surface area contributed by atoms with Crippen molar-refractivity contribution in [2.45, 2.75) is 25.6 Å². The number of ether oxygens (including phenoxy) is 2. The molecule has 0 radical (unpaired) electrons. The predicted octanol–water partition coefficient (Wildman–Crippen LogP) is 5.63. The zero-order valence-corrected chi connectivity index (χ0v) is 24.4. The molecular formula is C33H32N4O5S. The Hall–Kier alpha value is -4.80. The van der Waals surface area contributed by atoms with E-state index in [9.17, 15) is 14.7 Å². The summed E-state index contributed by atoms with van der Waals surface area (Å²) in [5.74, 6) is 0.226. The first-order chi connectivity index (χ1) is 20.9. The van der Waals surface area contributed by atoms with E-state index in [4.69, 9.17) is 15.2 Å². The Morgan fingerprint density at radius 1 is 1.05 bits per heavy atom.